The van der Waals surface area contributed by atoms with Crippen LogP contribution in [0.2, 0.25) is 18.1 Å². The van der Waals surface area contributed by atoms with Crippen molar-refractivity contribution < 1.29 is 9.22 Å². The predicted molar refractivity (Wildman–Crippen MR) is 127 cm³/mol. The molecule has 0 aliphatic carbocycles. The fourth-order valence-corrected chi connectivity index (χ4v) is 4.81. The molecule has 1 heterocycles. The monoisotopic (exact) mass is 449 g/mol. The molecule has 2 rings (SSSR count). The van der Waals surface area contributed by atoms with Crippen molar-refractivity contribution in [1.29, 1.82) is 0 Å². The Kier molecular flexibility index (Phi) is 8.82. The summed E-state index contributed by atoms with van der Waals surface area (Å²) in [6, 6.07) is 7.69. The number of ketones is 1. The molecule has 0 bridgehead atoms. The molecule has 5 nitrogen and oxygen atoms in total. The molecule has 1 aromatic carbocycles. The maximum atomic E-state index is 13.0. The number of aromatic nitrogens is 3. The van der Waals surface area contributed by atoms with Gasteiger partial charge in [-0.2, -0.15) is 0 Å². The van der Waals surface area contributed by atoms with Gasteiger partial charge >= 0.3 is 0 Å². The SMILES string of the molecule is C=C[C@@H](CCCCCl)[C@H](CC(=O)Cn1nnc2ccccc21)O[Si](C)(C)C(C)(C)C. The maximum absolute atomic E-state index is 13.0. The largest absolute Gasteiger partial charge is 0.413 e. The van der Waals surface area contributed by atoms with E-state index in [9.17, 15) is 4.79 Å². The quantitative estimate of drug-likeness (QED) is 0.173. The lowest BCUT2D eigenvalue weighted by atomic mass is 9.93. The summed E-state index contributed by atoms with van der Waals surface area (Å²) >= 11 is 5.87. The van der Waals surface area contributed by atoms with Crippen molar-refractivity contribution in [2.75, 3.05) is 5.88 Å². The first-order valence-corrected chi connectivity index (χ1v) is 14.2. The van der Waals surface area contributed by atoms with Crippen LogP contribution in [0.1, 0.15) is 46.5 Å². The summed E-state index contributed by atoms with van der Waals surface area (Å²) in [5.74, 6) is 0.868. The molecule has 0 radical (unpaired) electrons. The fourth-order valence-electron chi connectivity index (χ4n) is 3.26. The summed E-state index contributed by atoms with van der Waals surface area (Å²) in [6.45, 7) is 15.4. The van der Waals surface area contributed by atoms with Crippen molar-refractivity contribution in [3.8, 4) is 0 Å². The first-order valence-electron chi connectivity index (χ1n) is 10.8. The number of benzene rings is 1. The van der Waals surface area contributed by atoms with Gasteiger partial charge in [0.2, 0.25) is 0 Å². The fraction of sp³-hybridized carbons (Fsp3) is 0.609. The van der Waals surface area contributed by atoms with E-state index in [0.29, 0.717) is 12.3 Å². The lowest BCUT2D eigenvalue weighted by molar-refractivity contribution is -0.121. The number of Topliss-reactive ketones (excluding diaryl/α,β-unsaturated/α-hetero) is 1. The van der Waals surface area contributed by atoms with Crippen LogP contribution in [0.15, 0.2) is 36.9 Å². The van der Waals surface area contributed by atoms with Crippen molar-refractivity contribution in [3.63, 3.8) is 0 Å². The van der Waals surface area contributed by atoms with Gasteiger partial charge in [-0.3, -0.25) is 4.79 Å². The zero-order chi connectivity index (χ0) is 22.4. The molecule has 2 atom stereocenters. The second-order valence-electron chi connectivity index (χ2n) is 9.48. The van der Waals surface area contributed by atoms with Crippen LogP contribution in [0.3, 0.4) is 0 Å². The van der Waals surface area contributed by atoms with E-state index in [-0.39, 0.29) is 29.4 Å². The van der Waals surface area contributed by atoms with E-state index in [0.717, 1.165) is 30.3 Å². The molecule has 0 spiro atoms. The Labute approximate surface area is 187 Å². The van der Waals surface area contributed by atoms with Crippen molar-refractivity contribution in [2.24, 2.45) is 5.92 Å². The molecule has 0 amide bonds. The van der Waals surface area contributed by atoms with E-state index in [4.69, 9.17) is 16.0 Å². The highest BCUT2D eigenvalue weighted by atomic mass is 35.5. The number of hydrogen-bond donors (Lipinski definition) is 0. The van der Waals surface area contributed by atoms with Crippen LogP contribution in [0, 0.1) is 5.92 Å². The highest BCUT2D eigenvalue weighted by Crippen LogP contribution is 2.39. The molecular weight excluding hydrogens is 414 g/mol. The number of fused-ring (bicyclic) bond motifs is 1. The second-order valence-corrected chi connectivity index (χ2v) is 14.6. The smallest absolute Gasteiger partial charge is 0.192 e. The van der Waals surface area contributed by atoms with Crippen LogP contribution in [0.4, 0.5) is 0 Å². The minimum Gasteiger partial charge on any atom is -0.413 e. The van der Waals surface area contributed by atoms with Crippen LogP contribution in [-0.2, 0) is 15.8 Å². The second kappa shape index (κ2) is 10.7. The first-order chi connectivity index (χ1) is 14.1. The number of carbonyl (C=O) groups excluding carboxylic acids is 1. The Bertz CT molecular complexity index is 844. The van der Waals surface area contributed by atoms with Gasteiger partial charge in [-0.25, -0.2) is 4.68 Å². The van der Waals surface area contributed by atoms with Crippen LogP contribution in [0.25, 0.3) is 11.0 Å². The van der Waals surface area contributed by atoms with Crippen LogP contribution >= 0.6 is 11.6 Å². The summed E-state index contributed by atoms with van der Waals surface area (Å²) in [5, 5.41) is 8.38. The van der Waals surface area contributed by atoms with E-state index < -0.39 is 8.32 Å². The minimum atomic E-state index is -2.04. The molecular formula is C23H36ClN3O2Si. The zero-order valence-corrected chi connectivity index (χ0v) is 20.8. The van der Waals surface area contributed by atoms with Gasteiger partial charge in [-0.05, 0) is 43.1 Å². The Morgan fingerprint density at radius 3 is 2.63 bits per heavy atom. The molecule has 0 saturated heterocycles. The zero-order valence-electron chi connectivity index (χ0n) is 19.0. The van der Waals surface area contributed by atoms with Gasteiger partial charge in [-0.15, -0.1) is 23.3 Å². The third-order valence-electron chi connectivity index (χ3n) is 6.13. The van der Waals surface area contributed by atoms with Crippen LogP contribution in [-0.4, -0.2) is 41.1 Å². The van der Waals surface area contributed by atoms with Gasteiger partial charge in [-0.1, -0.05) is 50.6 Å². The van der Waals surface area contributed by atoms with Gasteiger partial charge in [0.1, 0.15) is 12.1 Å². The van der Waals surface area contributed by atoms with Gasteiger partial charge in [0.15, 0.2) is 14.1 Å². The number of carbonyl (C=O) groups is 1. The Morgan fingerprint density at radius 1 is 1.30 bits per heavy atom. The molecule has 0 saturated carbocycles. The van der Waals surface area contributed by atoms with E-state index >= 15 is 0 Å². The average molecular weight is 450 g/mol. The summed E-state index contributed by atoms with van der Waals surface area (Å²) in [7, 11) is -2.04. The molecule has 0 N–H and O–H groups in total. The van der Waals surface area contributed by atoms with Crippen molar-refractivity contribution in [1.82, 2.24) is 15.0 Å². The van der Waals surface area contributed by atoms with E-state index in [1.807, 2.05) is 30.3 Å². The molecule has 1 aromatic heterocycles. The summed E-state index contributed by atoms with van der Waals surface area (Å²) < 4.78 is 8.41. The van der Waals surface area contributed by atoms with Gasteiger partial charge < -0.3 is 4.43 Å². The standard InChI is InChI=1S/C23H36ClN3O2Si/c1-7-18(12-10-11-15-24)22(29-30(5,6)23(2,3)4)16-19(28)17-27-21-14-9-8-13-20(21)25-26-27/h7-9,13-14,18,22H,1,10-12,15-17H2,2-6H3/t18-,22-/m0/s1. The maximum Gasteiger partial charge on any atom is 0.192 e. The van der Waals surface area contributed by atoms with Crippen molar-refractivity contribution in [3.05, 3.63) is 36.9 Å². The van der Waals surface area contributed by atoms with Crippen LogP contribution in [0.5, 0.6) is 0 Å². The number of hydrogen-bond acceptors (Lipinski definition) is 4. The van der Waals surface area contributed by atoms with Crippen LogP contribution < -0.4 is 0 Å². The summed E-state index contributed by atoms with van der Waals surface area (Å²) in [4.78, 5) is 13.0. The predicted octanol–water partition coefficient (Wildman–Crippen LogP) is 5.99. The Balaban J connectivity index is 2.17. The molecule has 166 valence electrons. The van der Waals surface area contributed by atoms with Gasteiger partial charge in [0.05, 0.1) is 11.6 Å². The van der Waals surface area contributed by atoms with Crippen molar-refractivity contribution in [2.45, 2.75) is 77.2 Å². The molecule has 0 fully saturated rings. The molecule has 2 aromatic rings. The number of halogens is 1. The number of nitrogens with zero attached hydrogens (tertiary/aromatic N) is 3. The van der Waals surface area contributed by atoms with E-state index in [1.165, 1.54) is 0 Å². The molecule has 7 heteroatoms. The topological polar surface area (TPSA) is 57.0 Å². The third kappa shape index (κ3) is 6.50. The lowest BCUT2D eigenvalue weighted by Crippen LogP contribution is -2.46. The highest BCUT2D eigenvalue weighted by Gasteiger charge is 2.40. The first kappa shape index (κ1) is 24.8. The number of para-hydroxylation sites is 1. The third-order valence-corrected chi connectivity index (χ3v) is 10.9. The summed E-state index contributed by atoms with van der Waals surface area (Å²) in [5.41, 5.74) is 1.67. The normalized spacial score (nSPS) is 14.6. The number of rotatable bonds is 12. The lowest BCUT2D eigenvalue weighted by Gasteiger charge is -2.41. The Hall–Kier alpha value is -1.50. The van der Waals surface area contributed by atoms with Crippen molar-refractivity contribution >= 4 is 36.7 Å². The Morgan fingerprint density at radius 2 is 2.00 bits per heavy atom. The number of unbranched alkanes of at least 4 members (excludes halogenated alkanes) is 1. The molecule has 0 aliphatic rings. The highest BCUT2D eigenvalue weighted by molar-refractivity contribution is 6.74. The number of alkyl halides is 1. The van der Waals surface area contributed by atoms with E-state index in [2.05, 4.69) is 50.8 Å². The summed E-state index contributed by atoms with van der Waals surface area (Å²) in [6.07, 6.45) is 5.00. The molecule has 0 aliphatic heterocycles. The molecule has 30 heavy (non-hydrogen) atoms. The average Bonchev–Trinajstić information content (AvgIpc) is 3.06. The minimum absolute atomic E-state index is 0.0677. The molecule has 0 unspecified atom stereocenters. The van der Waals surface area contributed by atoms with Gasteiger partial charge in [0.25, 0.3) is 0 Å². The van der Waals surface area contributed by atoms with Gasteiger partial charge in [0, 0.05) is 18.2 Å². The van der Waals surface area contributed by atoms with E-state index in [1.54, 1.807) is 4.68 Å².